The van der Waals surface area contributed by atoms with Crippen LogP contribution in [0.25, 0.3) is 0 Å². The van der Waals surface area contributed by atoms with E-state index in [1.54, 1.807) is 16.8 Å². The van der Waals surface area contributed by atoms with Crippen LogP contribution in [0.1, 0.15) is 18.2 Å². The standard InChI is InChI=1S/C13H15ClN4O2/c1-3-11-9(8-17(2)16-11)7-15-12-6-4-5-10(14)13(12)18(19)20/h4-6,8,15H,3,7H2,1-2H3. The number of nitrogens with one attached hydrogen (secondary N) is 1. The molecule has 0 atom stereocenters. The number of hydrogen-bond donors (Lipinski definition) is 1. The van der Waals surface area contributed by atoms with Crippen LogP contribution in [0, 0.1) is 10.1 Å². The molecule has 0 aliphatic rings. The summed E-state index contributed by atoms with van der Waals surface area (Å²) in [6.07, 6.45) is 2.72. The van der Waals surface area contributed by atoms with Crippen molar-refractivity contribution in [2.45, 2.75) is 19.9 Å². The van der Waals surface area contributed by atoms with Gasteiger partial charge in [-0.1, -0.05) is 24.6 Å². The van der Waals surface area contributed by atoms with Crippen molar-refractivity contribution in [2.24, 2.45) is 7.05 Å². The summed E-state index contributed by atoms with van der Waals surface area (Å²) in [6, 6.07) is 4.83. The number of rotatable bonds is 5. The first kappa shape index (κ1) is 14.3. The molecule has 0 fully saturated rings. The molecule has 0 amide bonds. The van der Waals surface area contributed by atoms with Crippen LogP contribution in [-0.4, -0.2) is 14.7 Å². The summed E-state index contributed by atoms with van der Waals surface area (Å²) >= 11 is 5.87. The first-order chi connectivity index (χ1) is 9.52. The molecule has 0 aliphatic heterocycles. The highest BCUT2D eigenvalue weighted by molar-refractivity contribution is 6.33. The molecule has 1 aromatic carbocycles. The summed E-state index contributed by atoms with van der Waals surface area (Å²) in [6.45, 7) is 2.49. The fourth-order valence-electron chi connectivity index (χ4n) is 2.06. The first-order valence-corrected chi connectivity index (χ1v) is 6.59. The number of nitro groups is 1. The van der Waals surface area contributed by atoms with Gasteiger partial charge in [0.2, 0.25) is 0 Å². The molecule has 0 saturated heterocycles. The summed E-state index contributed by atoms with van der Waals surface area (Å²) in [5.74, 6) is 0. The van der Waals surface area contributed by atoms with Crippen molar-refractivity contribution in [2.75, 3.05) is 5.32 Å². The zero-order valence-electron chi connectivity index (χ0n) is 11.3. The highest BCUT2D eigenvalue weighted by Gasteiger charge is 2.18. The molecule has 1 N–H and O–H groups in total. The van der Waals surface area contributed by atoms with Gasteiger partial charge in [0.05, 0.1) is 10.6 Å². The Bertz CT molecular complexity index is 639. The second-order valence-electron chi connectivity index (χ2n) is 4.37. The molecule has 106 valence electrons. The third-order valence-electron chi connectivity index (χ3n) is 2.97. The Morgan fingerprint density at radius 1 is 1.50 bits per heavy atom. The van der Waals surface area contributed by atoms with Crippen LogP contribution in [0.5, 0.6) is 0 Å². The fourth-order valence-corrected chi connectivity index (χ4v) is 2.31. The predicted octanol–water partition coefficient (Wildman–Crippen LogP) is 3.16. The highest BCUT2D eigenvalue weighted by Crippen LogP contribution is 2.32. The fraction of sp³-hybridized carbons (Fsp3) is 0.308. The highest BCUT2D eigenvalue weighted by atomic mass is 35.5. The zero-order chi connectivity index (χ0) is 14.7. The Hall–Kier alpha value is -2.08. The number of halogens is 1. The van der Waals surface area contributed by atoms with Gasteiger partial charge in [-0.25, -0.2) is 0 Å². The first-order valence-electron chi connectivity index (χ1n) is 6.21. The Morgan fingerprint density at radius 2 is 2.25 bits per heavy atom. The van der Waals surface area contributed by atoms with Crippen LogP contribution in [-0.2, 0) is 20.0 Å². The number of nitrogens with zero attached hydrogens (tertiary/aromatic N) is 3. The maximum atomic E-state index is 11.0. The monoisotopic (exact) mass is 294 g/mol. The number of para-hydroxylation sites is 1. The summed E-state index contributed by atoms with van der Waals surface area (Å²) in [7, 11) is 1.85. The number of aryl methyl sites for hydroxylation is 2. The van der Waals surface area contributed by atoms with Crippen LogP contribution in [0.3, 0.4) is 0 Å². The van der Waals surface area contributed by atoms with Crippen molar-refractivity contribution in [3.8, 4) is 0 Å². The lowest BCUT2D eigenvalue weighted by Crippen LogP contribution is -2.04. The SMILES string of the molecule is CCc1nn(C)cc1CNc1cccc(Cl)c1[N+](=O)[O-]. The molecule has 0 radical (unpaired) electrons. The van der Waals surface area contributed by atoms with E-state index in [9.17, 15) is 10.1 Å². The Morgan fingerprint density at radius 3 is 2.90 bits per heavy atom. The number of hydrogen-bond acceptors (Lipinski definition) is 4. The number of aromatic nitrogens is 2. The van der Waals surface area contributed by atoms with E-state index in [0.29, 0.717) is 12.2 Å². The van der Waals surface area contributed by atoms with Crippen molar-refractivity contribution in [3.05, 3.63) is 50.8 Å². The lowest BCUT2D eigenvalue weighted by atomic mass is 10.2. The second-order valence-corrected chi connectivity index (χ2v) is 4.78. The molecule has 0 unspecified atom stereocenters. The molecule has 20 heavy (non-hydrogen) atoms. The summed E-state index contributed by atoms with van der Waals surface area (Å²) in [5.41, 5.74) is 2.30. The van der Waals surface area contributed by atoms with E-state index in [1.165, 1.54) is 6.07 Å². The molecule has 0 bridgehead atoms. The number of anilines is 1. The quantitative estimate of drug-likeness (QED) is 0.679. The lowest BCUT2D eigenvalue weighted by molar-refractivity contribution is -0.383. The molecule has 0 spiro atoms. The predicted molar refractivity (Wildman–Crippen MR) is 78.0 cm³/mol. The van der Waals surface area contributed by atoms with Crippen LogP contribution >= 0.6 is 11.6 Å². The van der Waals surface area contributed by atoms with E-state index in [2.05, 4.69) is 10.4 Å². The minimum atomic E-state index is -0.478. The van der Waals surface area contributed by atoms with Crippen LogP contribution in [0.2, 0.25) is 5.02 Å². The molecule has 7 heteroatoms. The molecule has 6 nitrogen and oxygen atoms in total. The van der Waals surface area contributed by atoms with Gasteiger partial charge in [0.1, 0.15) is 10.7 Å². The molecule has 0 saturated carbocycles. The smallest absolute Gasteiger partial charge is 0.310 e. The van der Waals surface area contributed by atoms with Crippen molar-refractivity contribution >= 4 is 23.0 Å². The molecular formula is C13H15ClN4O2. The molecule has 1 aromatic heterocycles. The van der Waals surface area contributed by atoms with Gasteiger partial charge < -0.3 is 5.32 Å². The second kappa shape index (κ2) is 5.92. The van der Waals surface area contributed by atoms with Gasteiger partial charge in [-0.3, -0.25) is 14.8 Å². The minimum Gasteiger partial charge on any atom is -0.375 e. The number of benzene rings is 1. The third kappa shape index (κ3) is 2.91. The van der Waals surface area contributed by atoms with Crippen molar-refractivity contribution in [1.29, 1.82) is 0 Å². The summed E-state index contributed by atoms with van der Waals surface area (Å²) in [4.78, 5) is 10.6. The molecule has 2 aromatic rings. The van der Waals surface area contributed by atoms with Crippen molar-refractivity contribution in [1.82, 2.24) is 9.78 Å². The molecule has 1 heterocycles. The Labute approximate surface area is 121 Å². The Kier molecular flexibility index (Phi) is 4.24. The van der Waals surface area contributed by atoms with Crippen molar-refractivity contribution in [3.63, 3.8) is 0 Å². The van der Waals surface area contributed by atoms with E-state index in [0.717, 1.165) is 17.7 Å². The van der Waals surface area contributed by atoms with Crippen LogP contribution in [0.15, 0.2) is 24.4 Å². The van der Waals surface area contributed by atoms with Gasteiger partial charge in [0.25, 0.3) is 0 Å². The minimum absolute atomic E-state index is 0.101. The van der Waals surface area contributed by atoms with E-state index < -0.39 is 4.92 Å². The molecule has 2 rings (SSSR count). The van der Waals surface area contributed by atoms with Gasteiger partial charge in [0.15, 0.2) is 0 Å². The van der Waals surface area contributed by atoms with Crippen LogP contribution in [0.4, 0.5) is 11.4 Å². The summed E-state index contributed by atoms with van der Waals surface area (Å²) < 4.78 is 1.74. The Balaban J connectivity index is 2.23. The topological polar surface area (TPSA) is 73.0 Å². The zero-order valence-corrected chi connectivity index (χ0v) is 12.0. The largest absolute Gasteiger partial charge is 0.375 e. The molecular weight excluding hydrogens is 280 g/mol. The van der Waals surface area contributed by atoms with E-state index in [1.807, 2.05) is 20.2 Å². The average Bonchev–Trinajstić information content (AvgIpc) is 2.76. The van der Waals surface area contributed by atoms with Gasteiger partial charge in [-0.2, -0.15) is 5.10 Å². The normalized spacial score (nSPS) is 10.6. The van der Waals surface area contributed by atoms with Gasteiger partial charge in [-0.15, -0.1) is 0 Å². The third-order valence-corrected chi connectivity index (χ3v) is 3.27. The lowest BCUT2D eigenvalue weighted by Gasteiger charge is -2.07. The number of nitro benzene ring substituents is 1. The van der Waals surface area contributed by atoms with E-state index >= 15 is 0 Å². The maximum Gasteiger partial charge on any atom is 0.310 e. The van der Waals surface area contributed by atoms with Gasteiger partial charge >= 0.3 is 5.69 Å². The van der Waals surface area contributed by atoms with Crippen molar-refractivity contribution < 1.29 is 4.92 Å². The van der Waals surface area contributed by atoms with Gasteiger partial charge in [-0.05, 0) is 18.6 Å². The van der Waals surface area contributed by atoms with Crippen LogP contribution < -0.4 is 5.32 Å². The summed E-state index contributed by atoms with van der Waals surface area (Å²) in [5, 5.41) is 18.6. The van der Waals surface area contributed by atoms with E-state index in [-0.39, 0.29) is 10.7 Å². The van der Waals surface area contributed by atoms with E-state index in [4.69, 9.17) is 11.6 Å². The average molecular weight is 295 g/mol. The molecule has 0 aliphatic carbocycles. The van der Waals surface area contributed by atoms with Gasteiger partial charge in [0, 0.05) is 25.4 Å². The maximum absolute atomic E-state index is 11.0.